The Morgan fingerprint density at radius 1 is 1.13 bits per heavy atom. The van der Waals surface area contributed by atoms with Gasteiger partial charge in [0.15, 0.2) is 0 Å². The van der Waals surface area contributed by atoms with Crippen LogP contribution in [0.5, 0.6) is 5.75 Å². The van der Waals surface area contributed by atoms with Gasteiger partial charge in [0.05, 0.1) is 16.9 Å². The molecule has 0 aliphatic carbocycles. The summed E-state index contributed by atoms with van der Waals surface area (Å²) >= 11 is 12.3. The van der Waals surface area contributed by atoms with Gasteiger partial charge in [-0.3, -0.25) is 4.99 Å². The lowest BCUT2D eigenvalue weighted by atomic mass is 10.2. The molecule has 0 radical (unpaired) electrons. The maximum absolute atomic E-state index is 9.81. The van der Waals surface area contributed by atoms with Crippen LogP contribution >= 0.6 is 23.2 Å². The molecule has 6 heteroatoms. The summed E-state index contributed by atoms with van der Waals surface area (Å²) in [4.78, 5) is 4.27. The average Bonchev–Trinajstić information content (AvgIpc) is 2.84. The van der Waals surface area contributed by atoms with E-state index in [1.807, 2.05) is 37.3 Å². The van der Waals surface area contributed by atoms with Gasteiger partial charge in [0.1, 0.15) is 16.6 Å². The van der Waals surface area contributed by atoms with Crippen LogP contribution in [0.3, 0.4) is 0 Å². The van der Waals surface area contributed by atoms with Crippen LogP contribution in [0.25, 0.3) is 5.69 Å². The fourth-order valence-electron chi connectivity index (χ4n) is 2.13. The number of nitrogens with zero attached hydrogens (tertiary/aromatic N) is 3. The van der Waals surface area contributed by atoms with Crippen molar-refractivity contribution in [3.63, 3.8) is 0 Å². The molecule has 3 aromatic rings. The monoisotopic (exact) mass is 345 g/mol. The summed E-state index contributed by atoms with van der Waals surface area (Å²) in [5.41, 5.74) is 2.67. The number of hydrogen-bond donors (Lipinski definition) is 1. The molecule has 1 heterocycles. The van der Waals surface area contributed by atoms with Crippen LogP contribution in [0.4, 0.5) is 5.69 Å². The van der Waals surface area contributed by atoms with Crippen molar-refractivity contribution in [1.82, 2.24) is 9.78 Å². The maximum atomic E-state index is 9.81. The number of aliphatic imine (C=N–C) groups is 1. The van der Waals surface area contributed by atoms with Gasteiger partial charge in [-0.2, -0.15) is 5.10 Å². The molecular weight excluding hydrogens is 333 g/mol. The van der Waals surface area contributed by atoms with E-state index in [-0.39, 0.29) is 5.75 Å². The molecule has 0 unspecified atom stereocenters. The highest BCUT2D eigenvalue weighted by atomic mass is 35.5. The van der Waals surface area contributed by atoms with Gasteiger partial charge in [0.2, 0.25) is 0 Å². The number of benzene rings is 2. The number of halogens is 2. The summed E-state index contributed by atoms with van der Waals surface area (Å²) in [6.45, 7) is 1.85. The molecule has 0 amide bonds. The number of rotatable bonds is 3. The zero-order chi connectivity index (χ0) is 16.4. The highest BCUT2D eigenvalue weighted by molar-refractivity contribution is 6.32. The van der Waals surface area contributed by atoms with Gasteiger partial charge in [0, 0.05) is 11.2 Å². The molecule has 23 heavy (non-hydrogen) atoms. The molecule has 3 rings (SSSR count). The van der Waals surface area contributed by atoms with Gasteiger partial charge < -0.3 is 5.11 Å². The number of phenols is 1. The van der Waals surface area contributed by atoms with Crippen molar-refractivity contribution in [1.29, 1.82) is 0 Å². The van der Waals surface area contributed by atoms with E-state index in [2.05, 4.69) is 10.1 Å². The first-order valence-electron chi connectivity index (χ1n) is 6.89. The number of phenolic OH excluding ortho intramolecular Hbond substituents is 1. The molecule has 0 saturated carbocycles. The minimum absolute atomic E-state index is 0.0508. The topological polar surface area (TPSA) is 50.4 Å². The smallest absolute Gasteiger partial charge is 0.141 e. The predicted octanol–water partition coefficient (Wildman–Crippen LogP) is 4.94. The van der Waals surface area contributed by atoms with Crippen LogP contribution < -0.4 is 0 Å². The molecule has 0 saturated heterocycles. The molecule has 0 spiro atoms. The van der Waals surface area contributed by atoms with Gasteiger partial charge in [-0.25, -0.2) is 4.68 Å². The summed E-state index contributed by atoms with van der Waals surface area (Å²) in [5.74, 6) is 0.0508. The summed E-state index contributed by atoms with van der Waals surface area (Å²) in [6, 6.07) is 14.3. The number of aromatic hydroxyl groups is 1. The van der Waals surface area contributed by atoms with Crippen LogP contribution in [0.2, 0.25) is 10.2 Å². The van der Waals surface area contributed by atoms with Gasteiger partial charge in [-0.05, 0) is 37.3 Å². The standard InChI is InChI=1S/C17H13Cl2N3O/c1-11-14(10-20-15-9-12(18)7-8-16(15)23)17(19)22(21-11)13-5-3-2-4-6-13/h2-10,23H,1H3. The fraction of sp³-hybridized carbons (Fsp3) is 0.0588. The molecule has 0 fully saturated rings. The van der Waals surface area contributed by atoms with Crippen molar-refractivity contribution in [2.24, 2.45) is 4.99 Å². The zero-order valence-electron chi connectivity index (χ0n) is 12.2. The van der Waals surface area contributed by atoms with E-state index < -0.39 is 0 Å². The first kappa shape index (κ1) is 15.6. The molecule has 116 valence electrons. The fourth-order valence-corrected chi connectivity index (χ4v) is 2.62. The van der Waals surface area contributed by atoms with Gasteiger partial charge in [0.25, 0.3) is 0 Å². The minimum atomic E-state index is 0.0508. The van der Waals surface area contributed by atoms with E-state index in [1.54, 1.807) is 23.0 Å². The molecule has 4 nitrogen and oxygen atoms in total. The van der Waals surface area contributed by atoms with Crippen LogP contribution in [-0.2, 0) is 0 Å². The first-order chi connectivity index (χ1) is 11.1. The van der Waals surface area contributed by atoms with Crippen LogP contribution in [0.1, 0.15) is 11.3 Å². The summed E-state index contributed by atoms with van der Waals surface area (Å²) in [6.07, 6.45) is 1.58. The largest absolute Gasteiger partial charge is 0.506 e. The van der Waals surface area contributed by atoms with Crippen LogP contribution in [-0.4, -0.2) is 21.1 Å². The Hall–Kier alpha value is -2.30. The lowest BCUT2D eigenvalue weighted by Gasteiger charge is -2.02. The van der Waals surface area contributed by atoms with Crippen molar-refractivity contribution in [2.75, 3.05) is 0 Å². The Morgan fingerprint density at radius 2 is 1.87 bits per heavy atom. The normalized spacial score (nSPS) is 11.3. The second kappa shape index (κ2) is 6.44. The summed E-state index contributed by atoms with van der Waals surface area (Å²) in [5, 5.41) is 15.2. The number of para-hydroxylation sites is 1. The number of hydrogen-bond acceptors (Lipinski definition) is 3. The van der Waals surface area contributed by atoms with E-state index in [4.69, 9.17) is 23.2 Å². The molecule has 1 aromatic heterocycles. The third-order valence-electron chi connectivity index (χ3n) is 3.32. The molecule has 0 bridgehead atoms. The second-order valence-electron chi connectivity index (χ2n) is 4.93. The van der Waals surface area contributed by atoms with Crippen molar-refractivity contribution in [2.45, 2.75) is 6.92 Å². The van der Waals surface area contributed by atoms with Gasteiger partial charge >= 0.3 is 0 Å². The van der Waals surface area contributed by atoms with E-state index in [0.29, 0.717) is 21.4 Å². The molecule has 0 atom stereocenters. The summed E-state index contributed by atoms with van der Waals surface area (Å²) in [7, 11) is 0. The Bertz CT molecular complexity index is 873. The van der Waals surface area contributed by atoms with Crippen molar-refractivity contribution in [3.05, 3.63) is 70.0 Å². The Balaban J connectivity index is 2.00. The highest BCUT2D eigenvalue weighted by Crippen LogP contribution is 2.30. The lowest BCUT2D eigenvalue weighted by molar-refractivity contribution is 0.477. The van der Waals surface area contributed by atoms with Crippen LogP contribution in [0, 0.1) is 6.92 Å². The number of aryl methyl sites for hydroxylation is 1. The minimum Gasteiger partial charge on any atom is -0.506 e. The Kier molecular flexibility index (Phi) is 4.37. The molecule has 0 aliphatic rings. The van der Waals surface area contributed by atoms with Crippen molar-refractivity contribution < 1.29 is 5.11 Å². The molecule has 0 aliphatic heterocycles. The van der Waals surface area contributed by atoms with E-state index >= 15 is 0 Å². The lowest BCUT2D eigenvalue weighted by Crippen LogP contribution is -1.96. The highest BCUT2D eigenvalue weighted by Gasteiger charge is 2.13. The van der Waals surface area contributed by atoms with E-state index in [9.17, 15) is 5.11 Å². The van der Waals surface area contributed by atoms with Gasteiger partial charge in [-0.1, -0.05) is 41.4 Å². The van der Waals surface area contributed by atoms with Crippen molar-refractivity contribution in [3.8, 4) is 11.4 Å². The number of aromatic nitrogens is 2. The van der Waals surface area contributed by atoms with Crippen molar-refractivity contribution >= 4 is 35.1 Å². The van der Waals surface area contributed by atoms with E-state index in [0.717, 1.165) is 11.4 Å². The zero-order valence-corrected chi connectivity index (χ0v) is 13.8. The molecule has 2 aromatic carbocycles. The quantitative estimate of drug-likeness (QED) is 0.683. The molecule has 1 N–H and O–H groups in total. The van der Waals surface area contributed by atoms with E-state index in [1.165, 1.54) is 6.07 Å². The Morgan fingerprint density at radius 3 is 2.61 bits per heavy atom. The second-order valence-corrected chi connectivity index (χ2v) is 5.72. The van der Waals surface area contributed by atoms with Crippen LogP contribution in [0.15, 0.2) is 53.5 Å². The predicted molar refractivity (Wildman–Crippen MR) is 93.7 cm³/mol. The summed E-state index contributed by atoms with van der Waals surface area (Å²) < 4.78 is 1.65. The maximum Gasteiger partial charge on any atom is 0.141 e. The molecular formula is C17H13Cl2N3O. The average molecular weight is 346 g/mol. The first-order valence-corrected chi connectivity index (χ1v) is 7.65. The Labute approximate surface area is 143 Å². The SMILES string of the molecule is Cc1nn(-c2ccccc2)c(Cl)c1C=Nc1cc(Cl)ccc1O. The van der Waals surface area contributed by atoms with Gasteiger partial charge in [-0.15, -0.1) is 0 Å². The third-order valence-corrected chi connectivity index (χ3v) is 3.92. The third kappa shape index (κ3) is 3.23.